The van der Waals surface area contributed by atoms with Gasteiger partial charge in [0.1, 0.15) is 5.76 Å². The fourth-order valence-electron chi connectivity index (χ4n) is 0.863. The zero-order valence-electron chi connectivity index (χ0n) is 6.72. The molecular formula is C8H13NO2. The summed E-state index contributed by atoms with van der Waals surface area (Å²) in [5.41, 5.74) is 0. The van der Waals surface area contributed by atoms with Crippen LogP contribution in [0.15, 0.2) is 11.8 Å². The number of carbonyl (C=O) groups excluding carboxylic acids is 1. The highest BCUT2D eigenvalue weighted by atomic mass is 16.5. The average Bonchev–Trinajstić information content (AvgIpc) is 2.37. The first-order valence-electron chi connectivity index (χ1n) is 3.94. The Labute approximate surface area is 66.4 Å². The topological polar surface area (TPSA) is 38.3 Å². The van der Waals surface area contributed by atoms with Crippen molar-refractivity contribution in [3.8, 4) is 0 Å². The van der Waals surface area contributed by atoms with Crippen LogP contribution in [-0.2, 0) is 9.53 Å². The van der Waals surface area contributed by atoms with Crippen molar-refractivity contribution in [2.45, 2.75) is 19.8 Å². The number of hydrogen-bond acceptors (Lipinski definition) is 2. The lowest BCUT2D eigenvalue weighted by Gasteiger charge is -2.03. The lowest BCUT2D eigenvalue weighted by atomic mass is 10.4. The molecule has 0 saturated carbocycles. The third-order valence-corrected chi connectivity index (χ3v) is 1.51. The molecule has 0 spiro atoms. The van der Waals surface area contributed by atoms with Gasteiger partial charge in [-0.15, -0.1) is 0 Å². The standard InChI is InChI=1S/C8H13NO2/c1-2-3-4-11-7-5-8(10)9-6-7/h5H,2-4,6H2,1H3,(H,9,10). The van der Waals surface area contributed by atoms with E-state index in [2.05, 4.69) is 12.2 Å². The molecule has 1 aliphatic rings. The monoisotopic (exact) mass is 155 g/mol. The van der Waals surface area contributed by atoms with Crippen molar-refractivity contribution >= 4 is 5.91 Å². The maximum atomic E-state index is 10.6. The smallest absolute Gasteiger partial charge is 0.247 e. The van der Waals surface area contributed by atoms with E-state index in [0.29, 0.717) is 6.54 Å². The van der Waals surface area contributed by atoms with Gasteiger partial charge in [0.25, 0.3) is 0 Å². The van der Waals surface area contributed by atoms with E-state index in [1.807, 2.05) is 0 Å². The van der Waals surface area contributed by atoms with Gasteiger partial charge in [-0.2, -0.15) is 0 Å². The molecule has 0 aromatic carbocycles. The molecule has 0 aromatic rings. The van der Waals surface area contributed by atoms with Gasteiger partial charge in [0.2, 0.25) is 5.91 Å². The molecule has 0 aliphatic carbocycles. The summed E-state index contributed by atoms with van der Waals surface area (Å²) in [4.78, 5) is 10.6. The minimum atomic E-state index is -0.0449. The minimum Gasteiger partial charge on any atom is -0.496 e. The maximum absolute atomic E-state index is 10.6. The summed E-state index contributed by atoms with van der Waals surface area (Å²) >= 11 is 0. The lowest BCUT2D eigenvalue weighted by molar-refractivity contribution is -0.115. The SMILES string of the molecule is CCCCOC1=CC(=O)NC1. The molecule has 1 rings (SSSR count). The normalized spacial score (nSPS) is 16.1. The highest BCUT2D eigenvalue weighted by Crippen LogP contribution is 2.02. The van der Waals surface area contributed by atoms with Gasteiger partial charge >= 0.3 is 0 Å². The number of rotatable bonds is 4. The van der Waals surface area contributed by atoms with Crippen LogP contribution in [0.25, 0.3) is 0 Å². The second-order valence-corrected chi connectivity index (χ2v) is 2.53. The highest BCUT2D eigenvalue weighted by molar-refractivity contribution is 5.90. The summed E-state index contributed by atoms with van der Waals surface area (Å²) in [5.74, 6) is 0.722. The van der Waals surface area contributed by atoms with Crippen molar-refractivity contribution < 1.29 is 9.53 Å². The molecule has 3 nitrogen and oxygen atoms in total. The van der Waals surface area contributed by atoms with E-state index < -0.39 is 0 Å². The van der Waals surface area contributed by atoms with Gasteiger partial charge in [-0.25, -0.2) is 0 Å². The molecule has 3 heteroatoms. The highest BCUT2D eigenvalue weighted by Gasteiger charge is 2.10. The van der Waals surface area contributed by atoms with Gasteiger partial charge in [0.05, 0.1) is 13.2 Å². The van der Waals surface area contributed by atoms with Crippen molar-refractivity contribution in [3.05, 3.63) is 11.8 Å². The summed E-state index contributed by atoms with van der Waals surface area (Å²) in [6, 6.07) is 0. The zero-order chi connectivity index (χ0) is 8.10. The van der Waals surface area contributed by atoms with Gasteiger partial charge in [-0.3, -0.25) is 4.79 Å². The predicted molar refractivity (Wildman–Crippen MR) is 42.0 cm³/mol. The van der Waals surface area contributed by atoms with Crippen molar-refractivity contribution in [1.82, 2.24) is 5.32 Å². The molecule has 0 aromatic heterocycles. The van der Waals surface area contributed by atoms with Crippen LogP contribution in [-0.4, -0.2) is 19.1 Å². The van der Waals surface area contributed by atoms with E-state index in [9.17, 15) is 4.79 Å². The first kappa shape index (κ1) is 8.11. The number of carbonyl (C=O) groups is 1. The van der Waals surface area contributed by atoms with Crippen molar-refractivity contribution in [3.63, 3.8) is 0 Å². The van der Waals surface area contributed by atoms with Gasteiger partial charge < -0.3 is 10.1 Å². The van der Waals surface area contributed by atoms with E-state index in [1.165, 1.54) is 6.08 Å². The Bertz CT molecular complexity index is 175. The molecule has 1 amide bonds. The van der Waals surface area contributed by atoms with Crippen molar-refractivity contribution in [2.75, 3.05) is 13.2 Å². The van der Waals surface area contributed by atoms with Gasteiger partial charge in [0, 0.05) is 6.08 Å². The zero-order valence-corrected chi connectivity index (χ0v) is 6.72. The maximum Gasteiger partial charge on any atom is 0.247 e. The molecule has 0 bridgehead atoms. The number of amides is 1. The van der Waals surface area contributed by atoms with Crippen LogP contribution < -0.4 is 5.32 Å². The number of hydrogen-bond donors (Lipinski definition) is 1. The molecule has 0 unspecified atom stereocenters. The summed E-state index contributed by atoms with van der Waals surface area (Å²) in [6.45, 7) is 3.38. The summed E-state index contributed by atoms with van der Waals surface area (Å²) in [6.07, 6.45) is 3.68. The second kappa shape index (κ2) is 4.01. The third-order valence-electron chi connectivity index (χ3n) is 1.51. The molecule has 1 aliphatic heterocycles. The molecule has 0 atom stereocenters. The first-order chi connectivity index (χ1) is 5.33. The Morgan fingerprint density at radius 3 is 3.09 bits per heavy atom. The van der Waals surface area contributed by atoms with E-state index in [4.69, 9.17) is 4.74 Å². The number of unbranched alkanes of at least 4 members (excludes halogenated alkanes) is 1. The fourth-order valence-corrected chi connectivity index (χ4v) is 0.863. The van der Waals surface area contributed by atoms with Crippen LogP contribution in [0.4, 0.5) is 0 Å². The van der Waals surface area contributed by atoms with Crippen LogP contribution in [0.3, 0.4) is 0 Å². The number of nitrogens with one attached hydrogen (secondary N) is 1. The Morgan fingerprint density at radius 2 is 2.55 bits per heavy atom. The largest absolute Gasteiger partial charge is 0.496 e. The molecular weight excluding hydrogens is 142 g/mol. The predicted octanol–water partition coefficient (Wildman–Crippen LogP) is 0.817. The van der Waals surface area contributed by atoms with Gasteiger partial charge in [0.15, 0.2) is 0 Å². The first-order valence-corrected chi connectivity index (χ1v) is 3.94. The van der Waals surface area contributed by atoms with E-state index in [0.717, 1.165) is 25.2 Å². The van der Waals surface area contributed by atoms with Crippen LogP contribution >= 0.6 is 0 Å². The van der Waals surface area contributed by atoms with Crippen molar-refractivity contribution in [2.24, 2.45) is 0 Å². The average molecular weight is 155 g/mol. The second-order valence-electron chi connectivity index (χ2n) is 2.53. The molecule has 62 valence electrons. The Balaban J connectivity index is 2.17. The molecule has 1 N–H and O–H groups in total. The van der Waals surface area contributed by atoms with Crippen LogP contribution in [0.5, 0.6) is 0 Å². The van der Waals surface area contributed by atoms with Crippen LogP contribution in [0.1, 0.15) is 19.8 Å². The summed E-state index contributed by atoms with van der Waals surface area (Å²) < 4.78 is 5.29. The Hall–Kier alpha value is -0.990. The van der Waals surface area contributed by atoms with E-state index >= 15 is 0 Å². The molecule has 0 fully saturated rings. The van der Waals surface area contributed by atoms with Gasteiger partial charge in [-0.05, 0) is 6.42 Å². The third kappa shape index (κ3) is 2.62. The Morgan fingerprint density at radius 1 is 1.73 bits per heavy atom. The molecule has 11 heavy (non-hydrogen) atoms. The summed E-state index contributed by atoms with van der Waals surface area (Å²) in [5, 5.41) is 2.64. The molecule has 0 radical (unpaired) electrons. The van der Waals surface area contributed by atoms with E-state index in [1.54, 1.807) is 0 Å². The molecule has 0 saturated heterocycles. The van der Waals surface area contributed by atoms with Crippen LogP contribution in [0.2, 0.25) is 0 Å². The van der Waals surface area contributed by atoms with E-state index in [-0.39, 0.29) is 5.91 Å². The molecule has 1 heterocycles. The van der Waals surface area contributed by atoms with Crippen LogP contribution in [0, 0.1) is 0 Å². The summed E-state index contributed by atoms with van der Waals surface area (Å²) in [7, 11) is 0. The minimum absolute atomic E-state index is 0.0449. The lowest BCUT2D eigenvalue weighted by Crippen LogP contribution is -2.15. The van der Waals surface area contributed by atoms with Gasteiger partial charge in [-0.1, -0.05) is 13.3 Å². The Kier molecular flexibility index (Phi) is 2.95. The number of ether oxygens (including phenoxy) is 1. The van der Waals surface area contributed by atoms with Crippen molar-refractivity contribution in [1.29, 1.82) is 0 Å². The fraction of sp³-hybridized carbons (Fsp3) is 0.625. The quantitative estimate of drug-likeness (QED) is 0.610.